The summed E-state index contributed by atoms with van der Waals surface area (Å²) < 4.78 is 0. The Labute approximate surface area is 116 Å². The van der Waals surface area contributed by atoms with E-state index in [0.717, 1.165) is 33.4 Å². The fourth-order valence-electron chi connectivity index (χ4n) is 2.98. The van der Waals surface area contributed by atoms with Gasteiger partial charge in [0.25, 0.3) is 0 Å². The summed E-state index contributed by atoms with van der Waals surface area (Å²) in [6.45, 7) is 0. The predicted molar refractivity (Wildman–Crippen MR) is 84.3 cm³/mol. The Bertz CT molecular complexity index is 967. The molecule has 4 aromatic rings. The number of fused-ring (bicyclic) bond motifs is 4. The van der Waals surface area contributed by atoms with Gasteiger partial charge in [0, 0.05) is 5.56 Å². The van der Waals surface area contributed by atoms with E-state index in [4.69, 9.17) is 0 Å². The van der Waals surface area contributed by atoms with Crippen LogP contribution in [0.1, 0.15) is 10.4 Å². The lowest BCUT2D eigenvalue weighted by atomic mass is 9.94. The molecule has 0 aliphatic carbocycles. The molecule has 0 fully saturated rings. The molecule has 20 heavy (non-hydrogen) atoms. The van der Waals surface area contributed by atoms with Crippen molar-refractivity contribution in [2.24, 2.45) is 0 Å². The minimum atomic E-state index is 0.781. The normalized spacial score (nSPS) is 11.2. The van der Waals surface area contributed by atoms with Crippen LogP contribution in [0.3, 0.4) is 0 Å². The highest BCUT2D eigenvalue weighted by Crippen LogP contribution is 2.32. The molecule has 0 saturated heterocycles. The summed E-state index contributed by atoms with van der Waals surface area (Å²) >= 11 is 0. The number of hydrogen-bond acceptors (Lipinski definition) is 1. The van der Waals surface area contributed by atoms with Crippen molar-refractivity contribution < 1.29 is 4.79 Å². The minimum Gasteiger partial charge on any atom is -0.298 e. The molecule has 0 N–H and O–H groups in total. The highest BCUT2D eigenvalue weighted by molar-refractivity contribution is 6.19. The van der Waals surface area contributed by atoms with Gasteiger partial charge in [-0.1, -0.05) is 60.7 Å². The molecule has 94 valence electrons. The van der Waals surface area contributed by atoms with Gasteiger partial charge in [0.05, 0.1) is 0 Å². The third-order valence-corrected chi connectivity index (χ3v) is 3.93. The maximum absolute atomic E-state index is 11.6. The minimum absolute atomic E-state index is 0.781. The summed E-state index contributed by atoms with van der Waals surface area (Å²) in [7, 11) is 0. The highest BCUT2D eigenvalue weighted by Gasteiger charge is 2.08. The van der Waals surface area contributed by atoms with Crippen LogP contribution in [0.2, 0.25) is 0 Å². The zero-order valence-corrected chi connectivity index (χ0v) is 10.8. The molecule has 0 spiro atoms. The standard InChI is InChI=1S/C19H12O/c20-12-19-16-8-4-2-6-14(16)11-18-15-7-3-1-5-13(15)9-10-17(18)19/h1-12H. The van der Waals surface area contributed by atoms with E-state index in [0.29, 0.717) is 0 Å². The quantitative estimate of drug-likeness (QED) is 0.267. The second-order valence-electron chi connectivity index (χ2n) is 5.01. The zero-order chi connectivity index (χ0) is 13.5. The molecular formula is C19H12O. The molecule has 0 amide bonds. The monoisotopic (exact) mass is 256 g/mol. The van der Waals surface area contributed by atoms with Crippen molar-refractivity contribution in [1.82, 2.24) is 0 Å². The van der Waals surface area contributed by atoms with Crippen LogP contribution < -0.4 is 0 Å². The van der Waals surface area contributed by atoms with Gasteiger partial charge in [0.2, 0.25) is 0 Å². The lowest BCUT2D eigenvalue weighted by Crippen LogP contribution is -1.88. The second-order valence-corrected chi connectivity index (χ2v) is 5.01. The van der Waals surface area contributed by atoms with Gasteiger partial charge in [0.15, 0.2) is 6.29 Å². The first-order valence-corrected chi connectivity index (χ1v) is 6.67. The zero-order valence-electron chi connectivity index (χ0n) is 10.8. The van der Waals surface area contributed by atoms with Gasteiger partial charge in [0.1, 0.15) is 0 Å². The maximum atomic E-state index is 11.6. The fraction of sp³-hybridized carbons (Fsp3) is 0. The first-order valence-electron chi connectivity index (χ1n) is 6.67. The third kappa shape index (κ3) is 1.47. The van der Waals surface area contributed by atoms with E-state index in [9.17, 15) is 4.79 Å². The van der Waals surface area contributed by atoms with Crippen LogP contribution in [-0.4, -0.2) is 6.29 Å². The van der Waals surface area contributed by atoms with Crippen LogP contribution in [0.5, 0.6) is 0 Å². The van der Waals surface area contributed by atoms with Crippen LogP contribution in [0.15, 0.2) is 66.7 Å². The lowest BCUT2D eigenvalue weighted by Gasteiger charge is -2.09. The molecular weight excluding hydrogens is 244 g/mol. The van der Waals surface area contributed by atoms with Gasteiger partial charge < -0.3 is 0 Å². The Kier molecular flexibility index (Phi) is 2.33. The Balaban J connectivity index is 2.33. The first-order chi connectivity index (χ1) is 9.88. The average molecular weight is 256 g/mol. The van der Waals surface area contributed by atoms with Crippen molar-refractivity contribution in [3.8, 4) is 0 Å². The van der Waals surface area contributed by atoms with Crippen LogP contribution in [0, 0.1) is 0 Å². The molecule has 0 heterocycles. The van der Waals surface area contributed by atoms with Crippen molar-refractivity contribution in [2.45, 2.75) is 0 Å². The molecule has 0 aliphatic heterocycles. The number of rotatable bonds is 1. The summed E-state index contributed by atoms with van der Waals surface area (Å²) in [4.78, 5) is 11.6. The summed E-state index contributed by atoms with van der Waals surface area (Å²) in [5, 5.41) is 6.69. The van der Waals surface area contributed by atoms with Gasteiger partial charge in [-0.05, 0) is 38.4 Å². The molecule has 0 aromatic heterocycles. The topological polar surface area (TPSA) is 17.1 Å². The predicted octanol–water partition coefficient (Wildman–Crippen LogP) is 4.96. The average Bonchev–Trinajstić information content (AvgIpc) is 2.52. The van der Waals surface area contributed by atoms with Gasteiger partial charge in [-0.25, -0.2) is 0 Å². The molecule has 0 atom stereocenters. The van der Waals surface area contributed by atoms with E-state index in [2.05, 4.69) is 30.3 Å². The van der Waals surface area contributed by atoms with Gasteiger partial charge in [-0.3, -0.25) is 4.79 Å². The van der Waals surface area contributed by atoms with Crippen molar-refractivity contribution in [3.63, 3.8) is 0 Å². The Morgan fingerprint density at radius 1 is 0.600 bits per heavy atom. The van der Waals surface area contributed by atoms with E-state index in [1.54, 1.807) is 0 Å². The van der Waals surface area contributed by atoms with Crippen LogP contribution >= 0.6 is 0 Å². The maximum Gasteiger partial charge on any atom is 0.151 e. The summed E-state index contributed by atoms with van der Waals surface area (Å²) in [6, 6.07) is 22.7. The molecule has 0 aliphatic rings. The summed E-state index contributed by atoms with van der Waals surface area (Å²) in [5.74, 6) is 0. The van der Waals surface area contributed by atoms with Gasteiger partial charge in [-0.15, -0.1) is 0 Å². The number of hydrogen-bond donors (Lipinski definition) is 0. The van der Waals surface area contributed by atoms with Crippen LogP contribution in [-0.2, 0) is 0 Å². The lowest BCUT2D eigenvalue weighted by molar-refractivity contribution is 0.112. The van der Waals surface area contributed by atoms with E-state index < -0.39 is 0 Å². The molecule has 0 bridgehead atoms. The first kappa shape index (κ1) is 11.2. The molecule has 1 heteroatoms. The number of carbonyl (C=O) groups is 1. The largest absolute Gasteiger partial charge is 0.298 e. The van der Waals surface area contributed by atoms with E-state index in [1.165, 1.54) is 10.8 Å². The van der Waals surface area contributed by atoms with E-state index in [1.807, 2.05) is 36.4 Å². The number of benzene rings is 4. The van der Waals surface area contributed by atoms with Crippen LogP contribution in [0.25, 0.3) is 32.3 Å². The smallest absolute Gasteiger partial charge is 0.151 e. The Hall–Kier alpha value is -2.67. The summed E-state index contributed by atoms with van der Waals surface area (Å²) in [6.07, 6.45) is 0.972. The van der Waals surface area contributed by atoms with Crippen LogP contribution in [0.4, 0.5) is 0 Å². The number of aldehydes is 1. The van der Waals surface area contributed by atoms with E-state index >= 15 is 0 Å². The number of carbonyl (C=O) groups excluding carboxylic acids is 1. The molecule has 1 nitrogen and oxygen atoms in total. The van der Waals surface area contributed by atoms with Crippen molar-refractivity contribution in [1.29, 1.82) is 0 Å². The second kappa shape index (κ2) is 4.17. The molecule has 0 saturated carbocycles. The van der Waals surface area contributed by atoms with E-state index in [-0.39, 0.29) is 0 Å². The Morgan fingerprint density at radius 3 is 2.10 bits per heavy atom. The summed E-state index contributed by atoms with van der Waals surface area (Å²) in [5.41, 5.74) is 0.781. The Morgan fingerprint density at radius 2 is 1.30 bits per heavy atom. The van der Waals surface area contributed by atoms with Crippen molar-refractivity contribution >= 4 is 38.6 Å². The van der Waals surface area contributed by atoms with Gasteiger partial charge >= 0.3 is 0 Å². The third-order valence-electron chi connectivity index (χ3n) is 3.93. The molecule has 0 unspecified atom stereocenters. The molecule has 0 radical (unpaired) electrons. The SMILES string of the molecule is O=Cc1c2ccccc2cc2c1ccc1ccccc12. The molecule has 4 aromatic carbocycles. The van der Waals surface area contributed by atoms with Crippen molar-refractivity contribution in [3.05, 3.63) is 72.3 Å². The highest BCUT2D eigenvalue weighted by atomic mass is 16.1. The molecule has 4 rings (SSSR count). The van der Waals surface area contributed by atoms with Crippen molar-refractivity contribution in [2.75, 3.05) is 0 Å². The van der Waals surface area contributed by atoms with Gasteiger partial charge in [-0.2, -0.15) is 0 Å². The fourth-order valence-corrected chi connectivity index (χ4v) is 2.98.